The van der Waals surface area contributed by atoms with Gasteiger partial charge in [-0.25, -0.2) is 4.98 Å². The highest BCUT2D eigenvalue weighted by Crippen LogP contribution is 2.32. The molecule has 112 valence electrons. The molecule has 0 aliphatic heterocycles. The summed E-state index contributed by atoms with van der Waals surface area (Å²) in [5.41, 5.74) is 3.05. The number of hydrogen-bond acceptors (Lipinski definition) is 2. The molecule has 0 radical (unpaired) electrons. The second kappa shape index (κ2) is 5.65. The lowest BCUT2D eigenvalue weighted by Crippen LogP contribution is -2.16. The van der Waals surface area contributed by atoms with Crippen molar-refractivity contribution in [3.63, 3.8) is 0 Å². The zero-order valence-electron chi connectivity index (χ0n) is 12.3. The van der Waals surface area contributed by atoms with Gasteiger partial charge in [-0.1, -0.05) is 42.6 Å². The molecule has 2 heterocycles. The fourth-order valence-electron chi connectivity index (χ4n) is 3.21. The van der Waals surface area contributed by atoms with Crippen LogP contribution in [0.15, 0.2) is 48.7 Å². The van der Waals surface area contributed by atoms with Crippen LogP contribution >= 0.6 is 11.6 Å². The minimum absolute atomic E-state index is 0.547. The SMILES string of the molecule is Clc1ccc(-c2nc3ccccn3c2NC2CCCC2)cc1. The maximum Gasteiger partial charge on any atom is 0.139 e. The van der Waals surface area contributed by atoms with Crippen LogP contribution in [-0.2, 0) is 0 Å². The summed E-state index contributed by atoms with van der Waals surface area (Å²) < 4.78 is 2.14. The minimum Gasteiger partial charge on any atom is -0.367 e. The first-order chi connectivity index (χ1) is 10.8. The highest BCUT2D eigenvalue weighted by atomic mass is 35.5. The average Bonchev–Trinajstić information content (AvgIpc) is 3.17. The Hall–Kier alpha value is -2.00. The third-order valence-corrected chi connectivity index (χ3v) is 4.60. The number of anilines is 1. The van der Waals surface area contributed by atoms with E-state index in [1.165, 1.54) is 25.7 Å². The summed E-state index contributed by atoms with van der Waals surface area (Å²) in [6, 6.07) is 14.5. The van der Waals surface area contributed by atoms with Gasteiger partial charge in [0.05, 0.1) is 0 Å². The van der Waals surface area contributed by atoms with Gasteiger partial charge in [0, 0.05) is 22.8 Å². The number of fused-ring (bicyclic) bond motifs is 1. The molecule has 0 atom stereocenters. The molecule has 1 aromatic carbocycles. The average molecular weight is 312 g/mol. The van der Waals surface area contributed by atoms with Gasteiger partial charge in [0.2, 0.25) is 0 Å². The molecule has 4 heteroatoms. The molecule has 0 bridgehead atoms. The number of nitrogens with one attached hydrogen (secondary N) is 1. The Labute approximate surface area is 134 Å². The normalized spacial score (nSPS) is 15.5. The van der Waals surface area contributed by atoms with Crippen molar-refractivity contribution in [1.82, 2.24) is 9.38 Å². The molecule has 3 aromatic rings. The Morgan fingerprint density at radius 3 is 2.59 bits per heavy atom. The van der Waals surface area contributed by atoms with Gasteiger partial charge in [0.15, 0.2) is 0 Å². The van der Waals surface area contributed by atoms with E-state index in [0.29, 0.717) is 6.04 Å². The Kier molecular flexibility index (Phi) is 3.51. The molecule has 3 nitrogen and oxygen atoms in total. The molecule has 0 saturated heterocycles. The van der Waals surface area contributed by atoms with Crippen LogP contribution in [0.5, 0.6) is 0 Å². The van der Waals surface area contributed by atoms with Crippen LogP contribution in [-0.4, -0.2) is 15.4 Å². The van der Waals surface area contributed by atoms with Crippen LogP contribution in [0.2, 0.25) is 5.02 Å². The lowest BCUT2D eigenvalue weighted by molar-refractivity contribution is 0.749. The first-order valence-electron chi connectivity index (χ1n) is 7.81. The van der Waals surface area contributed by atoms with Gasteiger partial charge in [-0.2, -0.15) is 0 Å². The van der Waals surface area contributed by atoms with E-state index in [1.54, 1.807) is 0 Å². The van der Waals surface area contributed by atoms with Crippen molar-refractivity contribution in [3.05, 3.63) is 53.7 Å². The molecule has 4 rings (SSSR count). The first kappa shape index (κ1) is 13.6. The largest absolute Gasteiger partial charge is 0.367 e. The van der Waals surface area contributed by atoms with Crippen molar-refractivity contribution in [2.75, 3.05) is 5.32 Å². The Balaban J connectivity index is 1.83. The quantitative estimate of drug-likeness (QED) is 0.736. The summed E-state index contributed by atoms with van der Waals surface area (Å²) in [6.45, 7) is 0. The molecular formula is C18H18ClN3. The predicted molar refractivity (Wildman–Crippen MR) is 91.5 cm³/mol. The molecule has 0 spiro atoms. The van der Waals surface area contributed by atoms with Crippen LogP contribution in [0.1, 0.15) is 25.7 Å². The van der Waals surface area contributed by atoms with E-state index in [1.807, 2.05) is 42.5 Å². The first-order valence-corrected chi connectivity index (χ1v) is 8.18. The number of benzene rings is 1. The van der Waals surface area contributed by atoms with Crippen LogP contribution in [0.25, 0.3) is 16.9 Å². The van der Waals surface area contributed by atoms with E-state index in [9.17, 15) is 0 Å². The summed E-state index contributed by atoms with van der Waals surface area (Å²) in [5.74, 6) is 1.09. The molecule has 0 unspecified atom stereocenters. The third-order valence-electron chi connectivity index (χ3n) is 4.34. The van der Waals surface area contributed by atoms with Gasteiger partial charge < -0.3 is 5.32 Å². The highest BCUT2D eigenvalue weighted by Gasteiger charge is 2.20. The second-order valence-electron chi connectivity index (χ2n) is 5.87. The topological polar surface area (TPSA) is 29.3 Å². The van der Waals surface area contributed by atoms with Crippen molar-refractivity contribution in [2.24, 2.45) is 0 Å². The number of hydrogen-bond donors (Lipinski definition) is 1. The molecule has 1 saturated carbocycles. The van der Waals surface area contributed by atoms with Crippen molar-refractivity contribution in [1.29, 1.82) is 0 Å². The highest BCUT2D eigenvalue weighted by molar-refractivity contribution is 6.30. The van der Waals surface area contributed by atoms with Crippen LogP contribution in [0, 0.1) is 0 Å². The number of rotatable bonds is 3. The van der Waals surface area contributed by atoms with E-state index in [-0.39, 0.29) is 0 Å². The van der Waals surface area contributed by atoms with E-state index >= 15 is 0 Å². The van der Waals surface area contributed by atoms with Crippen LogP contribution < -0.4 is 5.32 Å². The van der Waals surface area contributed by atoms with Crippen LogP contribution in [0.3, 0.4) is 0 Å². The number of imidazole rings is 1. The maximum absolute atomic E-state index is 6.01. The summed E-state index contributed by atoms with van der Waals surface area (Å²) in [7, 11) is 0. The molecule has 2 aromatic heterocycles. The van der Waals surface area contributed by atoms with E-state index < -0.39 is 0 Å². The summed E-state index contributed by atoms with van der Waals surface area (Å²) in [4.78, 5) is 4.81. The van der Waals surface area contributed by atoms with Crippen molar-refractivity contribution >= 4 is 23.1 Å². The van der Waals surface area contributed by atoms with E-state index in [2.05, 4.69) is 15.9 Å². The van der Waals surface area contributed by atoms with Crippen molar-refractivity contribution in [3.8, 4) is 11.3 Å². The van der Waals surface area contributed by atoms with Crippen molar-refractivity contribution < 1.29 is 0 Å². The van der Waals surface area contributed by atoms with Gasteiger partial charge in [0.25, 0.3) is 0 Å². The lowest BCUT2D eigenvalue weighted by Gasteiger charge is -2.14. The smallest absolute Gasteiger partial charge is 0.139 e. The Bertz CT molecular complexity index is 786. The van der Waals surface area contributed by atoms with Gasteiger partial charge in [-0.15, -0.1) is 0 Å². The van der Waals surface area contributed by atoms with E-state index in [4.69, 9.17) is 16.6 Å². The predicted octanol–water partition coefficient (Wildman–Crippen LogP) is 5.01. The minimum atomic E-state index is 0.547. The van der Waals surface area contributed by atoms with Crippen LogP contribution in [0.4, 0.5) is 5.82 Å². The maximum atomic E-state index is 6.01. The monoisotopic (exact) mass is 311 g/mol. The molecule has 1 N–H and O–H groups in total. The number of halogens is 1. The summed E-state index contributed by atoms with van der Waals surface area (Å²) in [6.07, 6.45) is 7.16. The zero-order chi connectivity index (χ0) is 14.9. The standard InChI is InChI=1S/C18H18ClN3/c19-14-10-8-13(9-11-14)17-18(20-15-5-1-2-6-15)22-12-4-3-7-16(22)21-17/h3-4,7-12,15,20H,1-2,5-6H2. The van der Waals surface area contributed by atoms with Gasteiger partial charge in [-0.3, -0.25) is 4.40 Å². The molecule has 0 amide bonds. The summed E-state index contributed by atoms with van der Waals surface area (Å²) in [5, 5.41) is 4.46. The van der Waals surface area contributed by atoms with Gasteiger partial charge in [0.1, 0.15) is 17.2 Å². The number of nitrogens with zero attached hydrogens (tertiary/aromatic N) is 2. The fraction of sp³-hybridized carbons (Fsp3) is 0.278. The lowest BCUT2D eigenvalue weighted by atomic mass is 10.1. The molecule has 1 aliphatic rings. The molecule has 22 heavy (non-hydrogen) atoms. The van der Waals surface area contributed by atoms with E-state index in [0.717, 1.165) is 27.7 Å². The number of pyridine rings is 1. The molecule has 1 fully saturated rings. The van der Waals surface area contributed by atoms with Crippen molar-refractivity contribution in [2.45, 2.75) is 31.7 Å². The molecule has 1 aliphatic carbocycles. The number of aromatic nitrogens is 2. The Morgan fingerprint density at radius 1 is 1.05 bits per heavy atom. The fourth-order valence-corrected chi connectivity index (χ4v) is 3.33. The van der Waals surface area contributed by atoms with Gasteiger partial charge >= 0.3 is 0 Å². The van der Waals surface area contributed by atoms with Gasteiger partial charge in [-0.05, 0) is 37.1 Å². The second-order valence-corrected chi connectivity index (χ2v) is 6.31. The zero-order valence-corrected chi connectivity index (χ0v) is 13.1. The Morgan fingerprint density at radius 2 is 1.82 bits per heavy atom. The summed E-state index contributed by atoms with van der Waals surface area (Å²) >= 11 is 6.01. The molecular weight excluding hydrogens is 294 g/mol. The third kappa shape index (κ3) is 2.46.